The minimum absolute atomic E-state index is 0.0240. The molecule has 0 radical (unpaired) electrons. The van der Waals surface area contributed by atoms with Gasteiger partial charge in [-0.2, -0.15) is 0 Å². The minimum Gasteiger partial charge on any atom is -0.406 e. The second kappa shape index (κ2) is 7.43. The number of anilines is 2. The van der Waals surface area contributed by atoms with Crippen molar-refractivity contribution in [3.05, 3.63) is 34.1 Å². The van der Waals surface area contributed by atoms with E-state index in [1.807, 2.05) is 0 Å². The Kier molecular flexibility index (Phi) is 5.59. The van der Waals surface area contributed by atoms with Gasteiger partial charge < -0.3 is 19.8 Å². The van der Waals surface area contributed by atoms with Crippen LogP contribution in [-0.2, 0) is 11.3 Å². The fraction of sp³-hybridized carbons (Fsp3) is 0.333. The van der Waals surface area contributed by atoms with Crippen molar-refractivity contribution in [2.75, 3.05) is 25.6 Å². The van der Waals surface area contributed by atoms with E-state index >= 15 is 0 Å². The molecule has 0 aliphatic carbocycles. The van der Waals surface area contributed by atoms with Gasteiger partial charge in [-0.05, 0) is 22.0 Å². The largest absolute Gasteiger partial charge is 0.406 e. The van der Waals surface area contributed by atoms with E-state index in [2.05, 4.69) is 36.8 Å². The van der Waals surface area contributed by atoms with Crippen molar-refractivity contribution in [1.82, 2.24) is 15.5 Å². The SMILES string of the molecule is COCCNCc1nnc(Nc2cc(Br)c(F)cc2F)o1. The van der Waals surface area contributed by atoms with Gasteiger partial charge in [0.1, 0.15) is 11.6 Å². The molecule has 1 heterocycles. The first-order chi connectivity index (χ1) is 10.1. The summed E-state index contributed by atoms with van der Waals surface area (Å²) in [7, 11) is 1.60. The Labute approximate surface area is 128 Å². The number of benzene rings is 1. The molecule has 114 valence electrons. The molecule has 0 amide bonds. The van der Waals surface area contributed by atoms with Gasteiger partial charge in [-0.3, -0.25) is 0 Å². The quantitative estimate of drug-likeness (QED) is 0.582. The summed E-state index contributed by atoms with van der Waals surface area (Å²) in [6.45, 7) is 1.57. The molecule has 0 aliphatic rings. The van der Waals surface area contributed by atoms with Crippen LogP contribution in [0.25, 0.3) is 0 Å². The summed E-state index contributed by atoms with van der Waals surface area (Å²) in [5.41, 5.74) is 0.0332. The molecule has 6 nitrogen and oxygen atoms in total. The molecular weight excluding hydrogens is 350 g/mol. The third kappa shape index (κ3) is 4.45. The van der Waals surface area contributed by atoms with Gasteiger partial charge in [-0.1, -0.05) is 5.10 Å². The Morgan fingerprint density at radius 2 is 2.10 bits per heavy atom. The van der Waals surface area contributed by atoms with Gasteiger partial charge in [0, 0.05) is 19.7 Å². The lowest BCUT2D eigenvalue weighted by Gasteiger charge is -2.04. The predicted octanol–water partition coefficient (Wildman–Crippen LogP) is 2.59. The van der Waals surface area contributed by atoms with Crippen LogP contribution in [-0.4, -0.2) is 30.5 Å². The second-order valence-electron chi connectivity index (χ2n) is 4.04. The summed E-state index contributed by atoms with van der Waals surface area (Å²) in [6, 6.07) is 2.04. The zero-order chi connectivity index (χ0) is 15.2. The predicted molar refractivity (Wildman–Crippen MR) is 75.2 cm³/mol. The molecule has 0 saturated heterocycles. The maximum absolute atomic E-state index is 13.6. The van der Waals surface area contributed by atoms with Crippen molar-refractivity contribution < 1.29 is 17.9 Å². The molecule has 21 heavy (non-hydrogen) atoms. The molecule has 0 fully saturated rings. The molecule has 0 unspecified atom stereocenters. The van der Waals surface area contributed by atoms with Gasteiger partial charge in [-0.25, -0.2) is 8.78 Å². The average Bonchev–Trinajstić information content (AvgIpc) is 2.89. The highest BCUT2D eigenvalue weighted by Gasteiger charge is 2.12. The maximum Gasteiger partial charge on any atom is 0.320 e. The molecule has 0 aliphatic heterocycles. The molecule has 1 aromatic heterocycles. The first kappa shape index (κ1) is 15.8. The number of halogens is 3. The summed E-state index contributed by atoms with van der Waals surface area (Å²) in [6.07, 6.45) is 0. The molecule has 0 spiro atoms. The topological polar surface area (TPSA) is 72.2 Å². The van der Waals surface area contributed by atoms with Crippen LogP contribution in [0.3, 0.4) is 0 Å². The molecule has 2 N–H and O–H groups in total. The number of rotatable bonds is 7. The Bertz CT molecular complexity index is 609. The lowest BCUT2D eigenvalue weighted by Crippen LogP contribution is -2.18. The van der Waals surface area contributed by atoms with Crippen molar-refractivity contribution >= 4 is 27.6 Å². The highest BCUT2D eigenvalue weighted by atomic mass is 79.9. The number of hydrogen-bond acceptors (Lipinski definition) is 6. The first-order valence-corrected chi connectivity index (χ1v) is 6.83. The third-order valence-corrected chi connectivity index (χ3v) is 3.09. The number of ether oxygens (including phenoxy) is 1. The first-order valence-electron chi connectivity index (χ1n) is 6.03. The Morgan fingerprint density at radius 1 is 1.29 bits per heavy atom. The van der Waals surface area contributed by atoms with Crippen LogP contribution in [0.2, 0.25) is 0 Å². The molecule has 9 heteroatoms. The van der Waals surface area contributed by atoms with E-state index in [9.17, 15) is 8.78 Å². The second-order valence-corrected chi connectivity index (χ2v) is 4.90. The summed E-state index contributed by atoms with van der Waals surface area (Å²) >= 11 is 2.98. The lowest BCUT2D eigenvalue weighted by atomic mass is 10.3. The highest BCUT2D eigenvalue weighted by Crippen LogP contribution is 2.25. The van der Waals surface area contributed by atoms with Crippen molar-refractivity contribution in [1.29, 1.82) is 0 Å². The van der Waals surface area contributed by atoms with Crippen LogP contribution >= 0.6 is 15.9 Å². The summed E-state index contributed by atoms with van der Waals surface area (Å²) in [5, 5.41) is 13.1. The average molecular weight is 363 g/mol. The number of methoxy groups -OCH3 is 1. The number of nitrogens with zero attached hydrogens (tertiary/aromatic N) is 2. The Balaban J connectivity index is 1.97. The molecule has 1 aromatic carbocycles. The number of hydrogen-bond donors (Lipinski definition) is 2. The van der Waals surface area contributed by atoms with Crippen molar-refractivity contribution in [2.45, 2.75) is 6.54 Å². The van der Waals surface area contributed by atoms with Gasteiger partial charge in [0.15, 0.2) is 0 Å². The number of nitrogens with one attached hydrogen (secondary N) is 2. The van der Waals surface area contributed by atoms with Gasteiger partial charge >= 0.3 is 6.01 Å². The molecule has 0 saturated carbocycles. The molecule has 0 bridgehead atoms. The van der Waals surface area contributed by atoms with E-state index in [0.717, 1.165) is 6.07 Å². The fourth-order valence-electron chi connectivity index (χ4n) is 1.48. The Morgan fingerprint density at radius 3 is 2.86 bits per heavy atom. The molecular formula is C12H13BrF2N4O2. The van der Waals surface area contributed by atoms with Gasteiger partial charge in [-0.15, -0.1) is 5.10 Å². The van der Waals surface area contributed by atoms with Crippen LogP contribution in [0.15, 0.2) is 21.0 Å². The van der Waals surface area contributed by atoms with Gasteiger partial charge in [0.2, 0.25) is 5.89 Å². The lowest BCUT2D eigenvalue weighted by molar-refractivity contribution is 0.198. The fourth-order valence-corrected chi connectivity index (χ4v) is 1.82. The van der Waals surface area contributed by atoms with Crippen molar-refractivity contribution in [2.24, 2.45) is 0 Å². The third-order valence-electron chi connectivity index (χ3n) is 2.48. The van der Waals surface area contributed by atoms with E-state index in [-0.39, 0.29) is 16.2 Å². The maximum atomic E-state index is 13.6. The smallest absolute Gasteiger partial charge is 0.320 e. The van der Waals surface area contributed by atoms with Crippen LogP contribution < -0.4 is 10.6 Å². The standard InChI is InChI=1S/C12H13BrF2N4O2/c1-20-3-2-16-6-11-18-19-12(21-11)17-10-4-7(13)8(14)5-9(10)15/h4-5,16H,2-3,6H2,1H3,(H,17,19). The summed E-state index contributed by atoms with van der Waals surface area (Å²) in [5.74, 6) is -1.10. The van der Waals surface area contributed by atoms with Crippen LogP contribution in [0.4, 0.5) is 20.5 Å². The Hall–Kier alpha value is -1.58. The van der Waals surface area contributed by atoms with Crippen molar-refractivity contribution in [3.8, 4) is 0 Å². The highest BCUT2D eigenvalue weighted by molar-refractivity contribution is 9.10. The zero-order valence-corrected chi connectivity index (χ0v) is 12.7. The normalized spacial score (nSPS) is 10.9. The van der Waals surface area contributed by atoms with Crippen molar-refractivity contribution in [3.63, 3.8) is 0 Å². The van der Waals surface area contributed by atoms with Crippen LogP contribution in [0, 0.1) is 11.6 Å². The summed E-state index contributed by atoms with van der Waals surface area (Å²) in [4.78, 5) is 0. The van der Waals surface area contributed by atoms with E-state index < -0.39 is 11.6 Å². The van der Waals surface area contributed by atoms with E-state index in [1.54, 1.807) is 7.11 Å². The number of aromatic nitrogens is 2. The van der Waals surface area contributed by atoms with E-state index in [0.29, 0.717) is 25.6 Å². The molecule has 2 aromatic rings. The van der Waals surface area contributed by atoms with E-state index in [4.69, 9.17) is 9.15 Å². The summed E-state index contributed by atoms with van der Waals surface area (Å²) < 4.78 is 37.0. The van der Waals surface area contributed by atoms with Gasteiger partial charge in [0.25, 0.3) is 0 Å². The van der Waals surface area contributed by atoms with E-state index in [1.165, 1.54) is 6.07 Å². The van der Waals surface area contributed by atoms with Crippen LogP contribution in [0.5, 0.6) is 0 Å². The minimum atomic E-state index is -0.756. The molecule has 0 atom stereocenters. The van der Waals surface area contributed by atoms with Gasteiger partial charge in [0.05, 0.1) is 23.3 Å². The monoisotopic (exact) mass is 362 g/mol. The zero-order valence-electron chi connectivity index (χ0n) is 11.1. The molecule has 2 rings (SSSR count). The van der Waals surface area contributed by atoms with Crippen LogP contribution in [0.1, 0.15) is 5.89 Å².